The molecule has 0 saturated carbocycles. The molecule has 5 nitrogen and oxygen atoms in total. The number of nitrogens with one attached hydrogen (secondary N) is 1. The van der Waals surface area contributed by atoms with E-state index < -0.39 is 11.6 Å². The highest BCUT2D eigenvalue weighted by molar-refractivity contribution is 5.74. The average Bonchev–Trinajstić information content (AvgIpc) is 3.11. The Morgan fingerprint density at radius 2 is 2.12 bits per heavy atom. The van der Waals surface area contributed by atoms with Gasteiger partial charge >= 0.3 is 6.03 Å². The fourth-order valence-corrected chi connectivity index (χ4v) is 3.10. The molecular formula is C17H22F2N2O3. The van der Waals surface area contributed by atoms with Gasteiger partial charge in [0.15, 0.2) is 0 Å². The van der Waals surface area contributed by atoms with Crippen LogP contribution in [0.15, 0.2) is 12.1 Å². The molecule has 2 amide bonds. The maximum Gasteiger partial charge on any atom is 0.317 e. The molecule has 132 valence electrons. The smallest absolute Gasteiger partial charge is 0.317 e. The molecule has 0 aliphatic carbocycles. The van der Waals surface area contributed by atoms with Gasteiger partial charge in [-0.1, -0.05) is 0 Å². The highest BCUT2D eigenvalue weighted by atomic mass is 19.1. The molecule has 1 atom stereocenters. The maximum atomic E-state index is 13.8. The molecule has 7 heteroatoms. The molecular weight excluding hydrogens is 318 g/mol. The van der Waals surface area contributed by atoms with Crippen LogP contribution in [0.25, 0.3) is 0 Å². The van der Waals surface area contributed by atoms with Gasteiger partial charge < -0.3 is 19.7 Å². The first kappa shape index (κ1) is 17.1. The van der Waals surface area contributed by atoms with Crippen molar-refractivity contribution in [2.24, 2.45) is 0 Å². The largest absolute Gasteiger partial charge is 0.377 e. The standard InChI is InChI=1S/C17H22F2N2O3/c18-15-3-4-16(19)14-10-21(7-5-13(14)15)17(22)20-6-9-23-11-12-2-1-8-24-12/h3-4,12H,1-2,5-11H2,(H,20,22). The van der Waals surface area contributed by atoms with E-state index in [4.69, 9.17) is 9.47 Å². The molecule has 3 rings (SSSR count). The summed E-state index contributed by atoms with van der Waals surface area (Å²) in [6.45, 7) is 2.56. The van der Waals surface area contributed by atoms with E-state index in [1.807, 2.05) is 0 Å². The van der Waals surface area contributed by atoms with Gasteiger partial charge in [-0.25, -0.2) is 13.6 Å². The molecule has 2 heterocycles. The SMILES string of the molecule is O=C(NCCOCC1CCCO1)N1CCc2c(F)ccc(F)c2C1. The predicted molar refractivity (Wildman–Crippen MR) is 83.7 cm³/mol. The lowest BCUT2D eigenvalue weighted by Crippen LogP contribution is -2.44. The topological polar surface area (TPSA) is 50.8 Å². The molecule has 0 bridgehead atoms. The monoisotopic (exact) mass is 340 g/mol. The van der Waals surface area contributed by atoms with Gasteiger partial charge in [-0.05, 0) is 37.0 Å². The molecule has 1 fully saturated rings. The summed E-state index contributed by atoms with van der Waals surface area (Å²) < 4.78 is 38.4. The molecule has 24 heavy (non-hydrogen) atoms. The molecule has 1 saturated heterocycles. The van der Waals surface area contributed by atoms with Crippen LogP contribution >= 0.6 is 0 Å². The van der Waals surface area contributed by atoms with Gasteiger partial charge in [-0.15, -0.1) is 0 Å². The maximum absolute atomic E-state index is 13.8. The number of amides is 2. The van der Waals surface area contributed by atoms with Crippen molar-refractivity contribution in [1.82, 2.24) is 10.2 Å². The van der Waals surface area contributed by atoms with E-state index in [1.54, 1.807) is 0 Å². The second-order valence-electron chi connectivity index (χ2n) is 6.10. The van der Waals surface area contributed by atoms with Crippen molar-refractivity contribution in [2.75, 3.05) is 32.9 Å². The fraction of sp³-hybridized carbons (Fsp3) is 0.588. The second-order valence-corrected chi connectivity index (χ2v) is 6.10. The lowest BCUT2D eigenvalue weighted by Gasteiger charge is -2.29. The zero-order valence-electron chi connectivity index (χ0n) is 13.5. The number of carbonyl (C=O) groups excluding carboxylic acids is 1. The summed E-state index contributed by atoms with van der Waals surface area (Å²) in [6, 6.07) is 1.95. The fourth-order valence-electron chi connectivity index (χ4n) is 3.10. The number of fused-ring (bicyclic) bond motifs is 1. The van der Waals surface area contributed by atoms with Crippen LogP contribution in [0.1, 0.15) is 24.0 Å². The Balaban J connectivity index is 1.42. The molecule has 0 aromatic heterocycles. The molecule has 0 radical (unpaired) electrons. The molecule has 1 N–H and O–H groups in total. The summed E-state index contributed by atoms with van der Waals surface area (Å²) in [5, 5.41) is 2.75. The molecule has 2 aliphatic heterocycles. The summed E-state index contributed by atoms with van der Waals surface area (Å²) in [4.78, 5) is 13.6. The minimum Gasteiger partial charge on any atom is -0.377 e. The van der Waals surface area contributed by atoms with Gasteiger partial charge in [0.2, 0.25) is 0 Å². The van der Waals surface area contributed by atoms with Crippen LogP contribution in [-0.4, -0.2) is 49.9 Å². The molecule has 1 unspecified atom stereocenters. The van der Waals surface area contributed by atoms with E-state index >= 15 is 0 Å². The van der Waals surface area contributed by atoms with Gasteiger partial charge in [0.1, 0.15) is 11.6 Å². The van der Waals surface area contributed by atoms with Crippen LogP contribution in [0.5, 0.6) is 0 Å². The van der Waals surface area contributed by atoms with Crippen molar-refractivity contribution in [3.63, 3.8) is 0 Å². The third-order valence-corrected chi connectivity index (χ3v) is 4.44. The van der Waals surface area contributed by atoms with Gasteiger partial charge in [-0.2, -0.15) is 0 Å². The lowest BCUT2D eigenvalue weighted by atomic mass is 9.99. The van der Waals surface area contributed by atoms with E-state index in [0.29, 0.717) is 38.3 Å². The van der Waals surface area contributed by atoms with Gasteiger partial charge in [0, 0.05) is 25.3 Å². The molecule has 0 spiro atoms. The summed E-state index contributed by atoms with van der Waals surface area (Å²) in [5.41, 5.74) is 0.643. The summed E-state index contributed by atoms with van der Waals surface area (Å²) in [6.07, 6.45) is 2.57. The first-order valence-electron chi connectivity index (χ1n) is 8.33. The Kier molecular flexibility index (Phi) is 5.63. The number of urea groups is 1. The Labute approximate surface area is 139 Å². The number of nitrogens with zero attached hydrogens (tertiary/aromatic N) is 1. The Morgan fingerprint density at radius 1 is 1.33 bits per heavy atom. The molecule has 2 aliphatic rings. The number of rotatable bonds is 5. The normalized spacial score (nSPS) is 20.1. The quantitative estimate of drug-likeness (QED) is 0.837. The summed E-state index contributed by atoms with van der Waals surface area (Å²) >= 11 is 0. The van der Waals surface area contributed by atoms with Gasteiger partial charge in [-0.3, -0.25) is 0 Å². The Morgan fingerprint density at radius 3 is 2.88 bits per heavy atom. The van der Waals surface area contributed by atoms with Crippen LogP contribution in [-0.2, 0) is 22.4 Å². The third-order valence-electron chi connectivity index (χ3n) is 4.44. The first-order valence-corrected chi connectivity index (χ1v) is 8.33. The number of carbonyl (C=O) groups is 1. The van der Waals surface area contributed by atoms with Crippen molar-refractivity contribution in [3.05, 3.63) is 34.9 Å². The zero-order chi connectivity index (χ0) is 16.9. The van der Waals surface area contributed by atoms with E-state index in [2.05, 4.69) is 5.32 Å². The van der Waals surface area contributed by atoms with Crippen molar-refractivity contribution >= 4 is 6.03 Å². The highest BCUT2D eigenvalue weighted by Crippen LogP contribution is 2.24. The van der Waals surface area contributed by atoms with Gasteiger partial charge in [0.05, 0.1) is 25.9 Å². The summed E-state index contributed by atoms with van der Waals surface area (Å²) in [5.74, 6) is -0.877. The minimum atomic E-state index is -0.469. The Bertz CT molecular complexity index is 591. The van der Waals surface area contributed by atoms with E-state index in [-0.39, 0.29) is 24.2 Å². The van der Waals surface area contributed by atoms with Crippen LogP contribution in [0, 0.1) is 11.6 Å². The summed E-state index contributed by atoms with van der Waals surface area (Å²) in [7, 11) is 0. The van der Waals surface area contributed by atoms with Crippen molar-refractivity contribution in [2.45, 2.75) is 31.9 Å². The predicted octanol–water partition coefficient (Wildman–Crippen LogP) is 2.23. The van der Waals surface area contributed by atoms with Crippen LogP contribution < -0.4 is 5.32 Å². The third kappa shape index (κ3) is 4.02. The van der Waals surface area contributed by atoms with Crippen LogP contribution in [0.4, 0.5) is 13.6 Å². The zero-order valence-corrected chi connectivity index (χ0v) is 13.5. The minimum absolute atomic E-state index is 0.0849. The van der Waals surface area contributed by atoms with E-state index in [9.17, 15) is 13.6 Å². The van der Waals surface area contributed by atoms with Crippen molar-refractivity contribution < 1.29 is 23.0 Å². The number of hydrogen-bond donors (Lipinski definition) is 1. The highest BCUT2D eigenvalue weighted by Gasteiger charge is 2.25. The van der Waals surface area contributed by atoms with Crippen molar-refractivity contribution in [3.8, 4) is 0 Å². The first-order chi connectivity index (χ1) is 11.6. The molecule has 1 aromatic rings. The lowest BCUT2D eigenvalue weighted by molar-refractivity contribution is 0.0186. The number of ether oxygens (including phenoxy) is 2. The van der Waals surface area contributed by atoms with E-state index in [1.165, 1.54) is 4.90 Å². The second kappa shape index (κ2) is 7.90. The van der Waals surface area contributed by atoms with E-state index in [0.717, 1.165) is 31.6 Å². The number of benzene rings is 1. The van der Waals surface area contributed by atoms with Gasteiger partial charge in [0.25, 0.3) is 0 Å². The average molecular weight is 340 g/mol. The molecule has 1 aromatic carbocycles. The van der Waals surface area contributed by atoms with Crippen molar-refractivity contribution in [1.29, 1.82) is 0 Å². The van der Waals surface area contributed by atoms with Crippen LogP contribution in [0.2, 0.25) is 0 Å². The number of halogens is 2. The van der Waals surface area contributed by atoms with Crippen LogP contribution in [0.3, 0.4) is 0 Å². The number of hydrogen-bond acceptors (Lipinski definition) is 3. The Hall–Kier alpha value is -1.73.